The van der Waals surface area contributed by atoms with Crippen LogP contribution in [0.5, 0.6) is 0 Å². The molecule has 1 atom stereocenters. The molecule has 10 nitrogen and oxygen atoms in total. The van der Waals surface area contributed by atoms with Crippen molar-refractivity contribution in [3.63, 3.8) is 0 Å². The van der Waals surface area contributed by atoms with Crippen LogP contribution in [0, 0.1) is 13.8 Å². The zero-order valence-electron chi connectivity index (χ0n) is 20.1. The van der Waals surface area contributed by atoms with Crippen molar-refractivity contribution in [3.05, 3.63) is 89.3 Å². The summed E-state index contributed by atoms with van der Waals surface area (Å²) < 4.78 is 27.1. The number of hydrogen-bond acceptors (Lipinski definition) is 8. The Hall–Kier alpha value is -3.93. The molecule has 4 N–H and O–H groups in total. The molecule has 4 heterocycles. The van der Waals surface area contributed by atoms with Gasteiger partial charge in [0.25, 0.3) is 0 Å². The average Bonchev–Trinajstić information content (AvgIpc) is 3.47. The monoisotopic (exact) mass is 516 g/mol. The van der Waals surface area contributed by atoms with Crippen LogP contribution in [0.25, 0.3) is 22.2 Å². The lowest BCUT2D eigenvalue weighted by atomic mass is 9.83. The fourth-order valence-corrected chi connectivity index (χ4v) is 5.36. The van der Waals surface area contributed by atoms with E-state index in [2.05, 4.69) is 25.4 Å². The van der Waals surface area contributed by atoms with E-state index in [1.165, 1.54) is 0 Å². The summed E-state index contributed by atoms with van der Waals surface area (Å²) in [7, 11) is 0. The zero-order chi connectivity index (χ0) is 25.8. The fourth-order valence-electron chi connectivity index (χ4n) is 4.73. The number of fused-ring (bicyclic) bond motifs is 1. The molecular weight excluding hydrogens is 492 g/mol. The highest BCUT2D eigenvalue weighted by Gasteiger charge is 2.50. The Labute approximate surface area is 214 Å². The van der Waals surface area contributed by atoms with E-state index < -0.39 is 21.6 Å². The van der Waals surface area contributed by atoms with E-state index >= 15 is 0 Å². The first-order valence-electron chi connectivity index (χ1n) is 11.7. The largest absolute Gasteiger partial charge is 0.373 e. The lowest BCUT2D eigenvalue weighted by molar-refractivity contribution is 0.117. The standard InChI is InChI=1S/C26H24N6O4S/c1-15-22(16(2)36-32-15)17-13-18(23-19(14-17)29-24(30-23)31-25(9-10-25)37(34)35)26(33,20-7-3-5-11-27-20)21-8-4-6-12-28-21/h3-8,11-14,33H,9-10H2,1-2H3,(H,34,35)(H2,29,30,31). The number of rotatable bonds is 7. The van der Waals surface area contributed by atoms with Gasteiger partial charge < -0.3 is 24.5 Å². The van der Waals surface area contributed by atoms with Gasteiger partial charge in [0.1, 0.15) is 10.6 Å². The van der Waals surface area contributed by atoms with Crippen LogP contribution in [0.4, 0.5) is 5.95 Å². The second kappa shape index (κ2) is 8.58. The van der Waals surface area contributed by atoms with E-state index in [4.69, 9.17) is 9.51 Å². The molecule has 0 radical (unpaired) electrons. The Morgan fingerprint density at radius 1 is 1.08 bits per heavy atom. The first-order chi connectivity index (χ1) is 17.8. The number of imidazole rings is 1. The number of aromatic nitrogens is 5. The van der Waals surface area contributed by atoms with Gasteiger partial charge in [-0.1, -0.05) is 17.3 Å². The molecule has 5 aromatic rings. The minimum Gasteiger partial charge on any atom is -0.373 e. The number of H-pyrrole nitrogens is 1. The number of aryl methyl sites for hydroxylation is 2. The highest BCUT2D eigenvalue weighted by atomic mass is 32.2. The van der Waals surface area contributed by atoms with Gasteiger partial charge in [0.2, 0.25) is 5.95 Å². The molecule has 0 spiro atoms. The van der Waals surface area contributed by atoms with Crippen LogP contribution < -0.4 is 5.32 Å². The van der Waals surface area contributed by atoms with Crippen LogP contribution >= 0.6 is 0 Å². The zero-order valence-corrected chi connectivity index (χ0v) is 20.9. The summed E-state index contributed by atoms with van der Waals surface area (Å²) in [4.78, 5) is 16.0. The number of anilines is 1. The lowest BCUT2D eigenvalue weighted by Gasteiger charge is -2.28. The van der Waals surface area contributed by atoms with E-state index in [1.807, 2.05) is 26.0 Å². The number of aromatic amines is 1. The summed E-state index contributed by atoms with van der Waals surface area (Å²) in [6, 6.07) is 14.4. The number of nitrogens with zero attached hydrogens (tertiary/aromatic N) is 4. The van der Waals surface area contributed by atoms with E-state index in [0.717, 1.165) is 11.1 Å². The molecule has 1 unspecified atom stereocenters. The molecule has 1 aromatic carbocycles. The molecule has 0 bridgehead atoms. The maximum Gasteiger partial charge on any atom is 0.202 e. The second-order valence-electron chi connectivity index (χ2n) is 9.21. The van der Waals surface area contributed by atoms with Crippen molar-refractivity contribution in [2.75, 3.05) is 5.32 Å². The van der Waals surface area contributed by atoms with Crippen molar-refractivity contribution >= 4 is 28.1 Å². The molecule has 1 fully saturated rings. The van der Waals surface area contributed by atoms with Crippen molar-refractivity contribution in [2.24, 2.45) is 0 Å². The van der Waals surface area contributed by atoms with Gasteiger partial charge in [0.15, 0.2) is 16.7 Å². The number of pyridine rings is 2. The molecular formula is C26H24N6O4S. The summed E-state index contributed by atoms with van der Waals surface area (Å²) in [6.07, 6.45) is 4.33. The normalized spacial score (nSPS) is 15.6. The van der Waals surface area contributed by atoms with Gasteiger partial charge in [-0.3, -0.25) is 9.97 Å². The molecule has 0 amide bonds. The Morgan fingerprint density at radius 3 is 2.27 bits per heavy atom. The molecule has 6 rings (SSSR count). The third-order valence-electron chi connectivity index (χ3n) is 6.75. The van der Waals surface area contributed by atoms with E-state index in [0.29, 0.717) is 58.2 Å². The topological polar surface area (TPSA) is 150 Å². The summed E-state index contributed by atoms with van der Waals surface area (Å²) in [6.45, 7) is 3.68. The fraction of sp³-hybridized carbons (Fsp3) is 0.231. The Balaban J connectivity index is 1.64. The molecule has 37 heavy (non-hydrogen) atoms. The summed E-state index contributed by atoms with van der Waals surface area (Å²) in [5.41, 5.74) is 2.76. The SMILES string of the molecule is Cc1noc(C)c1-c1cc(C(O)(c2ccccn2)c2ccccn2)c2nc(NC3(S(=O)O)CC3)[nH]c2c1. The van der Waals surface area contributed by atoms with Gasteiger partial charge in [-0.15, -0.1) is 0 Å². The first kappa shape index (κ1) is 23.5. The number of nitrogens with one attached hydrogen (secondary N) is 2. The van der Waals surface area contributed by atoms with Gasteiger partial charge in [-0.25, -0.2) is 9.19 Å². The lowest BCUT2D eigenvalue weighted by Crippen LogP contribution is -2.31. The molecule has 0 aliphatic heterocycles. The molecule has 188 valence electrons. The molecule has 11 heteroatoms. The van der Waals surface area contributed by atoms with Crippen molar-refractivity contribution < 1.29 is 18.4 Å². The van der Waals surface area contributed by atoms with Gasteiger partial charge in [0, 0.05) is 23.5 Å². The highest BCUT2D eigenvalue weighted by Crippen LogP contribution is 2.44. The Morgan fingerprint density at radius 2 is 1.76 bits per heavy atom. The van der Waals surface area contributed by atoms with Crippen molar-refractivity contribution in [1.82, 2.24) is 25.1 Å². The summed E-state index contributed by atoms with van der Waals surface area (Å²) >= 11 is -2.06. The summed E-state index contributed by atoms with van der Waals surface area (Å²) in [5, 5.41) is 19.7. The van der Waals surface area contributed by atoms with E-state index in [-0.39, 0.29) is 0 Å². The quantitative estimate of drug-likeness (QED) is 0.235. The third kappa shape index (κ3) is 3.82. The molecule has 1 aliphatic rings. The molecule has 0 saturated heterocycles. The number of benzene rings is 1. The average molecular weight is 517 g/mol. The second-order valence-corrected chi connectivity index (χ2v) is 10.5. The van der Waals surface area contributed by atoms with Crippen LogP contribution in [-0.4, -0.2) is 43.8 Å². The molecule has 4 aromatic heterocycles. The van der Waals surface area contributed by atoms with Crippen LogP contribution in [0.2, 0.25) is 0 Å². The van der Waals surface area contributed by atoms with E-state index in [9.17, 15) is 13.9 Å². The maximum atomic E-state index is 12.5. The van der Waals surface area contributed by atoms with Gasteiger partial charge in [-0.2, -0.15) is 0 Å². The van der Waals surface area contributed by atoms with Crippen LogP contribution in [0.3, 0.4) is 0 Å². The maximum absolute atomic E-state index is 12.5. The third-order valence-corrected chi connectivity index (χ3v) is 7.93. The molecule has 1 aliphatic carbocycles. The van der Waals surface area contributed by atoms with Crippen molar-refractivity contribution in [3.8, 4) is 11.1 Å². The van der Waals surface area contributed by atoms with E-state index in [1.54, 1.807) is 48.8 Å². The number of aliphatic hydroxyl groups is 1. The van der Waals surface area contributed by atoms with Crippen LogP contribution in [-0.2, 0) is 16.7 Å². The number of hydrogen-bond donors (Lipinski definition) is 4. The smallest absolute Gasteiger partial charge is 0.202 e. The predicted molar refractivity (Wildman–Crippen MR) is 138 cm³/mol. The minimum atomic E-state index is -2.06. The summed E-state index contributed by atoms with van der Waals surface area (Å²) in [5.74, 6) is 0.962. The highest BCUT2D eigenvalue weighted by molar-refractivity contribution is 7.81. The van der Waals surface area contributed by atoms with Crippen LogP contribution in [0.1, 0.15) is 41.2 Å². The predicted octanol–water partition coefficient (Wildman–Crippen LogP) is 4.03. The van der Waals surface area contributed by atoms with Gasteiger partial charge >= 0.3 is 0 Å². The van der Waals surface area contributed by atoms with Gasteiger partial charge in [-0.05, 0) is 68.7 Å². The Bertz CT molecular complexity index is 1570. The van der Waals surface area contributed by atoms with Crippen LogP contribution in [0.15, 0.2) is 65.4 Å². The van der Waals surface area contributed by atoms with Crippen molar-refractivity contribution in [2.45, 2.75) is 37.2 Å². The Kier molecular flexibility index (Phi) is 5.44. The first-order valence-corrected chi connectivity index (χ1v) is 12.8. The van der Waals surface area contributed by atoms with Crippen molar-refractivity contribution in [1.29, 1.82) is 0 Å². The van der Waals surface area contributed by atoms with Gasteiger partial charge in [0.05, 0.1) is 28.1 Å². The molecule has 1 saturated carbocycles. The minimum absolute atomic E-state index is 0.330.